The molecule has 4 rings (SSSR count). The molecule has 138 valence electrons. The van der Waals surface area contributed by atoms with Gasteiger partial charge in [0.25, 0.3) is 5.91 Å². The first kappa shape index (κ1) is 17.0. The number of aryl methyl sites for hydroxylation is 1. The Morgan fingerprint density at radius 2 is 2.23 bits per heavy atom. The molecule has 1 aliphatic carbocycles. The number of carbonyl (C=O) groups excluding carboxylic acids is 1. The van der Waals surface area contributed by atoms with Gasteiger partial charge in [-0.2, -0.15) is 5.10 Å². The van der Waals surface area contributed by atoms with E-state index in [4.69, 9.17) is 5.73 Å². The van der Waals surface area contributed by atoms with Crippen molar-refractivity contribution in [1.29, 1.82) is 0 Å². The van der Waals surface area contributed by atoms with Crippen LogP contribution >= 0.6 is 0 Å². The van der Waals surface area contributed by atoms with Crippen LogP contribution in [0, 0.1) is 5.92 Å². The lowest BCUT2D eigenvalue weighted by Crippen LogP contribution is -2.48. The number of H-pyrrole nitrogens is 1. The number of nitrogens with one attached hydrogen (secondary N) is 1. The maximum atomic E-state index is 13.1. The van der Waals surface area contributed by atoms with Gasteiger partial charge in [-0.3, -0.25) is 9.89 Å². The lowest BCUT2D eigenvalue weighted by Gasteiger charge is -2.40. The summed E-state index contributed by atoms with van der Waals surface area (Å²) in [6.45, 7) is 5.71. The van der Waals surface area contributed by atoms with Gasteiger partial charge in [-0.15, -0.1) is 0 Å². The number of piperidine rings is 1. The Kier molecular flexibility index (Phi) is 4.17. The molecule has 7 heteroatoms. The van der Waals surface area contributed by atoms with E-state index in [1.807, 2.05) is 11.1 Å². The van der Waals surface area contributed by atoms with Crippen LogP contribution in [0.25, 0.3) is 0 Å². The summed E-state index contributed by atoms with van der Waals surface area (Å²) >= 11 is 0. The van der Waals surface area contributed by atoms with Crippen molar-refractivity contribution in [2.45, 2.75) is 51.4 Å². The Labute approximate surface area is 153 Å². The minimum absolute atomic E-state index is 0.0130. The maximum absolute atomic E-state index is 13.1. The number of amides is 1. The molecule has 1 fully saturated rings. The zero-order chi connectivity index (χ0) is 18.3. The Bertz CT molecular complexity index is 829. The normalized spacial score (nSPS) is 22.2. The van der Waals surface area contributed by atoms with Gasteiger partial charge in [0.05, 0.1) is 6.20 Å². The Balaban J connectivity index is 1.58. The molecular formula is C19H26N6O. The second-order valence-electron chi connectivity index (χ2n) is 8.08. The molecule has 3 N–H and O–H groups in total. The van der Waals surface area contributed by atoms with Crippen molar-refractivity contribution in [2.24, 2.45) is 5.92 Å². The van der Waals surface area contributed by atoms with Gasteiger partial charge in [0.15, 0.2) is 0 Å². The van der Waals surface area contributed by atoms with Crippen molar-refractivity contribution in [3.8, 4) is 0 Å². The number of nitrogen functional groups attached to an aromatic ring is 1. The topological polar surface area (TPSA) is 101 Å². The summed E-state index contributed by atoms with van der Waals surface area (Å²) in [6.07, 6.45) is 6.90. The number of anilines is 1. The van der Waals surface area contributed by atoms with Gasteiger partial charge in [0, 0.05) is 29.9 Å². The Morgan fingerprint density at radius 3 is 3.04 bits per heavy atom. The Morgan fingerprint density at radius 1 is 1.38 bits per heavy atom. The summed E-state index contributed by atoms with van der Waals surface area (Å²) in [6, 6.07) is 1.80. The smallest absolute Gasteiger partial charge is 0.272 e. The second kappa shape index (κ2) is 6.37. The van der Waals surface area contributed by atoms with E-state index < -0.39 is 0 Å². The molecule has 1 aliphatic heterocycles. The molecule has 2 aromatic heterocycles. The molecule has 0 bridgehead atoms. The molecule has 7 nitrogen and oxygen atoms in total. The van der Waals surface area contributed by atoms with Crippen LogP contribution in [0.2, 0.25) is 0 Å². The van der Waals surface area contributed by atoms with E-state index in [2.05, 4.69) is 34.0 Å². The molecule has 1 atom stereocenters. The SMILES string of the molecule is CC(C)Cc1cc(C(=O)N2CCCC3(CCc4cn[nH]c43)C2)nc(N)n1. The third-order valence-electron chi connectivity index (χ3n) is 5.62. The standard InChI is InChI=1S/C19H26N6O/c1-12(2)8-14-9-15(23-18(20)22-14)17(26)25-7-3-5-19(11-25)6-4-13-10-21-24-16(13)19/h9-10,12H,3-8,11H2,1-2H3,(H,21,24)(H2,20,22,23). The number of rotatable bonds is 3. The number of carbonyl (C=O) groups is 1. The van der Waals surface area contributed by atoms with E-state index in [0.29, 0.717) is 18.2 Å². The summed E-state index contributed by atoms with van der Waals surface area (Å²) in [5.41, 5.74) is 9.63. The zero-order valence-corrected chi connectivity index (χ0v) is 15.5. The van der Waals surface area contributed by atoms with Gasteiger partial charge in [-0.25, -0.2) is 9.97 Å². The van der Waals surface area contributed by atoms with Crippen molar-refractivity contribution in [2.75, 3.05) is 18.8 Å². The fraction of sp³-hybridized carbons (Fsp3) is 0.579. The first-order valence-electron chi connectivity index (χ1n) is 9.42. The number of fused-ring (bicyclic) bond motifs is 2. The van der Waals surface area contributed by atoms with Crippen molar-refractivity contribution < 1.29 is 4.79 Å². The summed E-state index contributed by atoms with van der Waals surface area (Å²) < 4.78 is 0. The van der Waals surface area contributed by atoms with Crippen molar-refractivity contribution in [3.63, 3.8) is 0 Å². The molecular weight excluding hydrogens is 328 g/mol. The minimum Gasteiger partial charge on any atom is -0.368 e. The van der Waals surface area contributed by atoms with Gasteiger partial charge in [-0.05, 0) is 49.7 Å². The van der Waals surface area contributed by atoms with E-state index in [0.717, 1.165) is 44.3 Å². The fourth-order valence-electron chi connectivity index (χ4n) is 4.48. The highest BCUT2D eigenvalue weighted by atomic mass is 16.2. The maximum Gasteiger partial charge on any atom is 0.272 e. The van der Waals surface area contributed by atoms with Crippen LogP contribution in [0.3, 0.4) is 0 Å². The van der Waals surface area contributed by atoms with E-state index in [1.165, 1.54) is 11.3 Å². The van der Waals surface area contributed by atoms with Gasteiger partial charge in [0.1, 0.15) is 5.69 Å². The number of nitrogens with two attached hydrogens (primary N) is 1. The molecule has 0 saturated carbocycles. The van der Waals surface area contributed by atoms with Crippen LogP contribution in [0.15, 0.2) is 12.3 Å². The van der Waals surface area contributed by atoms with Crippen molar-refractivity contribution in [1.82, 2.24) is 25.1 Å². The lowest BCUT2D eigenvalue weighted by molar-refractivity contribution is 0.0626. The van der Waals surface area contributed by atoms with Crippen LogP contribution < -0.4 is 5.73 Å². The fourth-order valence-corrected chi connectivity index (χ4v) is 4.48. The van der Waals surface area contributed by atoms with Crippen LogP contribution in [-0.4, -0.2) is 44.1 Å². The highest BCUT2D eigenvalue weighted by molar-refractivity contribution is 5.92. The average molecular weight is 354 g/mol. The third-order valence-corrected chi connectivity index (χ3v) is 5.62. The van der Waals surface area contributed by atoms with Crippen LogP contribution in [0.5, 0.6) is 0 Å². The van der Waals surface area contributed by atoms with E-state index in [9.17, 15) is 4.79 Å². The van der Waals surface area contributed by atoms with Gasteiger partial charge >= 0.3 is 0 Å². The van der Waals surface area contributed by atoms with Gasteiger partial charge < -0.3 is 10.6 Å². The zero-order valence-electron chi connectivity index (χ0n) is 15.5. The molecule has 3 heterocycles. The molecule has 2 aliphatic rings. The van der Waals surface area contributed by atoms with Gasteiger partial charge in [0.2, 0.25) is 5.95 Å². The van der Waals surface area contributed by atoms with Crippen LogP contribution in [0.4, 0.5) is 5.95 Å². The van der Waals surface area contributed by atoms with Crippen molar-refractivity contribution >= 4 is 11.9 Å². The van der Waals surface area contributed by atoms with Crippen LogP contribution in [-0.2, 0) is 18.3 Å². The first-order chi connectivity index (χ1) is 12.5. The second-order valence-corrected chi connectivity index (χ2v) is 8.08. The number of aromatic nitrogens is 4. The Hall–Kier alpha value is -2.44. The molecule has 0 aromatic carbocycles. The summed E-state index contributed by atoms with van der Waals surface area (Å²) in [5.74, 6) is 0.578. The predicted molar refractivity (Wildman–Crippen MR) is 98.7 cm³/mol. The predicted octanol–water partition coefficient (Wildman–Crippen LogP) is 2.10. The molecule has 1 amide bonds. The van der Waals surface area contributed by atoms with E-state index in [-0.39, 0.29) is 17.3 Å². The van der Waals surface area contributed by atoms with Crippen molar-refractivity contribution in [3.05, 3.63) is 34.9 Å². The summed E-state index contributed by atoms with van der Waals surface area (Å²) in [4.78, 5) is 23.6. The van der Waals surface area contributed by atoms with Gasteiger partial charge in [-0.1, -0.05) is 13.8 Å². The lowest BCUT2D eigenvalue weighted by atomic mass is 9.77. The molecule has 1 saturated heterocycles. The first-order valence-corrected chi connectivity index (χ1v) is 9.42. The molecule has 1 spiro atoms. The number of hydrogen-bond donors (Lipinski definition) is 2. The third kappa shape index (κ3) is 2.95. The molecule has 26 heavy (non-hydrogen) atoms. The molecule has 2 aromatic rings. The summed E-state index contributed by atoms with van der Waals surface area (Å²) in [7, 11) is 0. The number of likely N-dealkylation sites (tertiary alicyclic amines) is 1. The van der Waals surface area contributed by atoms with E-state index >= 15 is 0 Å². The van der Waals surface area contributed by atoms with E-state index in [1.54, 1.807) is 6.07 Å². The highest BCUT2D eigenvalue weighted by Gasteiger charge is 2.44. The summed E-state index contributed by atoms with van der Waals surface area (Å²) in [5, 5.41) is 7.39. The molecule has 1 unspecified atom stereocenters. The number of aromatic amines is 1. The highest BCUT2D eigenvalue weighted by Crippen LogP contribution is 2.44. The largest absolute Gasteiger partial charge is 0.368 e. The average Bonchev–Trinajstić information content (AvgIpc) is 3.18. The quantitative estimate of drug-likeness (QED) is 0.879. The monoisotopic (exact) mass is 354 g/mol. The number of hydrogen-bond acceptors (Lipinski definition) is 5. The van der Waals surface area contributed by atoms with Crippen LogP contribution in [0.1, 0.15) is 60.5 Å². The minimum atomic E-state index is -0.0452. The number of nitrogens with zero attached hydrogens (tertiary/aromatic N) is 4. The molecule has 0 radical (unpaired) electrons.